The van der Waals surface area contributed by atoms with Crippen molar-refractivity contribution >= 4 is 38.1 Å². The van der Waals surface area contributed by atoms with Crippen LogP contribution in [0.4, 0.5) is 0 Å². The van der Waals surface area contributed by atoms with Crippen LogP contribution in [-0.4, -0.2) is 20.9 Å². The van der Waals surface area contributed by atoms with Gasteiger partial charge in [0.15, 0.2) is 5.78 Å². The smallest absolute Gasteiger partial charge is 0.162 e. The second kappa shape index (κ2) is 18.4. The Morgan fingerprint density at radius 2 is 1.45 bits per heavy atom. The number of fused-ring (bicyclic) bond motifs is 2. The number of carbonyl (C=O) groups is 1. The van der Waals surface area contributed by atoms with Gasteiger partial charge >= 0.3 is 0 Å². The number of aliphatic hydroxyl groups excluding tert-OH is 1. The molecule has 0 atom stereocenters. The number of aryl methyl sites for hydroxylation is 3. The van der Waals surface area contributed by atoms with Crippen LogP contribution in [-0.2, 0) is 36.7 Å². The molecule has 0 aliphatic rings. The Bertz CT molecular complexity index is 2030. The molecule has 1 radical (unpaired) electrons. The van der Waals surface area contributed by atoms with Crippen LogP contribution in [0, 0.1) is 44.1 Å². The van der Waals surface area contributed by atoms with E-state index in [0.29, 0.717) is 0 Å². The first-order chi connectivity index (χ1) is 24.4. The monoisotopic (exact) mass is 910 g/mol. The third-order valence-electron chi connectivity index (χ3n) is 10.2. The topological polar surface area (TPSA) is 63.1 Å². The number of benzene rings is 3. The summed E-state index contributed by atoms with van der Waals surface area (Å²) in [4.78, 5) is 22.6. The van der Waals surface area contributed by atoms with E-state index in [1.54, 1.807) is 6.33 Å². The maximum atomic E-state index is 11.7. The fourth-order valence-electron chi connectivity index (χ4n) is 7.34. The molecule has 2 aromatic heterocycles. The van der Waals surface area contributed by atoms with Crippen LogP contribution in [0.1, 0.15) is 123 Å². The van der Waals surface area contributed by atoms with Gasteiger partial charge in [0.2, 0.25) is 0 Å². The van der Waals surface area contributed by atoms with Gasteiger partial charge in [0.1, 0.15) is 6.33 Å². The summed E-state index contributed by atoms with van der Waals surface area (Å²) < 4.78 is 1.14. The molecule has 1 N–H and O–H groups in total. The van der Waals surface area contributed by atoms with Crippen molar-refractivity contribution in [2.24, 2.45) is 17.3 Å². The maximum absolute atomic E-state index is 11.7. The SMILES string of the molecule is CCC(CC)C(=O)/C=C(\O)C(CC)CC.Cc1cc(CC(C)(C)C)cc(C)c1-c1sc2c(-c3[c-]c4ccccc4c(C(C)(C)C)c3)ncnc2c1C.[Ir]. The summed E-state index contributed by atoms with van der Waals surface area (Å²) in [5.74, 6) is 0.547. The van der Waals surface area contributed by atoms with Crippen LogP contribution in [0.2, 0.25) is 0 Å². The Labute approximate surface area is 337 Å². The van der Waals surface area contributed by atoms with Gasteiger partial charge < -0.3 is 5.11 Å². The van der Waals surface area contributed by atoms with Crippen molar-refractivity contribution in [1.82, 2.24) is 9.97 Å². The number of ketones is 1. The number of nitrogens with zero attached hydrogens (tertiary/aromatic N) is 2. The quantitative estimate of drug-likeness (QED) is 0.0861. The molecular weight excluding hydrogens is 849 g/mol. The van der Waals surface area contributed by atoms with Crippen molar-refractivity contribution in [3.63, 3.8) is 0 Å². The normalized spacial score (nSPS) is 12.3. The van der Waals surface area contributed by atoms with E-state index >= 15 is 0 Å². The van der Waals surface area contributed by atoms with Gasteiger partial charge in [0.05, 0.1) is 11.3 Å². The van der Waals surface area contributed by atoms with Crippen molar-refractivity contribution in [3.05, 3.63) is 94.5 Å². The van der Waals surface area contributed by atoms with E-state index in [-0.39, 0.29) is 54.3 Å². The fraction of sp³-hybridized carbons (Fsp3) is 0.468. The summed E-state index contributed by atoms with van der Waals surface area (Å²) in [7, 11) is 0. The third-order valence-corrected chi connectivity index (χ3v) is 11.5. The van der Waals surface area contributed by atoms with Gasteiger partial charge in [0.25, 0.3) is 0 Å². The Hall–Kier alpha value is -3.18. The second-order valence-electron chi connectivity index (χ2n) is 16.7. The van der Waals surface area contributed by atoms with Crippen molar-refractivity contribution < 1.29 is 30.0 Å². The van der Waals surface area contributed by atoms with Gasteiger partial charge in [0, 0.05) is 53.3 Å². The fourth-order valence-corrected chi connectivity index (χ4v) is 8.78. The molecule has 2 heterocycles. The van der Waals surface area contributed by atoms with E-state index in [4.69, 9.17) is 9.97 Å². The summed E-state index contributed by atoms with van der Waals surface area (Å²) in [6.07, 6.45) is 7.69. The average Bonchev–Trinajstić information content (AvgIpc) is 3.39. The zero-order valence-corrected chi connectivity index (χ0v) is 37.6. The minimum absolute atomic E-state index is 0. The largest absolute Gasteiger partial charge is 0.512 e. The van der Waals surface area contributed by atoms with Crippen molar-refractivity contribution in [1.29, 1.82) is 0 Å². The van der Waals surface area contributed by atoms with Gasteiger partial charge in [-0.1, -0.05) is 111 Å². The molecule has 6 heteroatoms. The molecule has 53 heavy (non-hydrogen) atoms. The number of allylic oxidation sites excluding steroid dienone is 2. The first-order valence-electron chi connectivity index (χ1n) is 19.2. The number of thiophene rings is 1. The molecule has 0 spiro atoms. The molecule has 0 aliphatic carbocycles. The molecule has 0 saturated carbocycles. The molecule has 0 amide bonds. The zero-order valence-electron chi connectivity index (χ0n) is 34.4. The molecule has 4 nitrogen and oxygen atoms in total. The number of aliphatic hydroxyl groups is 1. The summed E-state index contributed by atoms with van der Waals surface area (Å²) in [5.41, 5.74) is 11.3. The van der Waals surface area contributed by atoms with Gasteiger partial charge in [-0.25, -0.2) is 4.98 Å². The van der Waals surface area contributed by atoms with Crippen molar-refractivity contribution in [2.45, 2.75) is 128 Å². The van der Waals surface area contributed by atoms with E-state index in [0.717, 1.165) is 59.0 Å². The van der Waals surface area contributed by atoms with Crippen LogP contribution in [0.15, 0.2) is 60.6 Å². The Morgan fingerprint density at radius 3 is 2.00 bits per heavy atom. The van der Waals surface area contributed by atoms with E-state index in [1.807, 2.05) is 39.0 Å². The number of aromatic nitrogens is 2. The Balaban J connectivity index is 0.000000403. The van der Waals surface area contributed by atoms with Gasteiger partial charge in [-0.15, -0.1) is 40.5 Å². The minimum Gasteiger partial charge on any atom is -0.512 e. The Morgan fingerprint density at radius 1 is 0.868 bits per heavy atom. The third kappa shape index (κ3) is 10.5. The summed E-state index contributed by atoms with van der Waals surface area (Å²) in [6.45, 7) is 28.5. The second-order valence-corrected chi connectivity index (χ2v) is 17.7. The molecule has 0 aliphatic heterocycles. The summed E-state index contributed by atoms with van der Waals surface area (Å²) >= 11 is 1.82. The van der Waals surface area contributed by atoms with E-state index in [1.165, 1.54) is 49.7 Å². The summed E-state index contributed by atoms with van der Waals surface area (Å²) in [6, 6.07) is 19.3. The van der Waals surface area contributed by atoms with Gasteiger partial charge in [-0.05, 0) is 91.5 Å². The van der Waals surface area contributed by atoms with Crippen LogP contribution in [0.25, 0.3) is 42.7 Å². The number of carbonyl (C=O) groups excluding carboxylic acids is 1. The molecule has 287 valence electrons. The van der Waals surface area contributed by atoms with Gasteiger partial charge in [-0.2, -0.15) is 0 Å². The molecule has 0 unspecified atom stereocenters. The van der Waals surface area contributed by atoms with Crippen LogP contribution in [0.3, 0.4) is 0 Å². The van der Waals surface area contributed by atoms with Crippen molar-refractivity contribution in [2.75, 3.05) is 0 Å². The first kappa shape index (κ1) is 44.2. The molecule has 5 aromatic rings. The number of hydrogen-bond acceptors (Lipinski definition) is 5. The van der Waals surface area contributed by atoms with E-state index in [9.17, 15) is 9.90 Å². The maximum Gasteiger partial charge on any atom is 0.162 e. The molecule has 0 saturated heterocycles. The predicted molar refractivity (Wildman–Crippen MR) is 225 cm³/mol. The van der Waals surface area contributed by atoms with Crippen LogP contribution < -0.4 is 0 Å². The van der Waals surface area contributed by atoms with Crippen LogP contribution in [0.5, 0.6) is 0 Å². The minimum atomic E-state index is 0. The molecular formula is C47H61IrN2O2S-. The molecule has 0 bridgehead atoms. The standard InChI is InChI=1S/C34H37N2S.C13H24O2.Ir/c1-20-14-23(18-33(4,5)6)15-21(2)28(20)31-22(3)29-32(37-31)30(36-19-35-29)25-16-24-12-10-11-13-26(24)27(17-25)34(7,8)9;1-5-10(6-2)12(14)9-13(15)11(7-3)8-4;/h10-15,17,19H,18H2,1-9H3;9-11,14H,5-8H2,1-4H3;/q-1;;/b;12-9-;. The zero-order chi connectivity index (χ0) is 38.5. The predicted octanol–water partition coefficient (Wildman–Crippen LogP) is 13.7. The number of rotatable bonds is 10. The van der Waals surface area contributed by atoms with Gasteiger partial charge in [-0.3, -0.25) is 9.78 Å². The van der Waals surface area contributed by atoms with Crippen LogP contribution >= 0.6 is 11.3 Å². The first-order valence-corrected chi connectivity index (χ1v) is 20.0. The van der Waals surface area contributed by atoms with E-state index in [2.05, 4.69) is 111 Å². The molecule has 3 aromatic carbocycles. The average molecular weight is 910 g/mol. The van der Waals surface area contributed by atoms with Crippen molar-refractivity contribution in [3.8, 4) is 21.7 Å². The molecule has 5 rings (SSSR count). The Kier molecular flexibility index (Phi) is 15.4. The van der Waals surface area contributed by atoms with E-state index < -0.39 is 0 Å². The number of hydrogen-bond donors (Lipinski definition) is 1. The molecule has 0 fully saturated rings. The summed E-state index contributed by atoms with van der Waals surface area (Å²) in [5, 5.41) is 12.1.